The summed E-state index contributed by atoms with van der Waals surface area (Å²) in [6.45, 7) is -0.104. The Hall–Kier alpha value is -1.84. The largest absolute Gasteiger partial charge is 0.392 e. The van der Waals surface area contributed by atoms with Crippen molar-refractivity contribution in [1.29, 1.82) is 0 Å². The fourth-order valence-corrected chi connectivity index (χ4v) is 2.02. The number of rotatable bonds is 4. The van der Waals surface area contributed by atoms with E-state index in [1.54, 1.807) is 24.3 Å². The zero-order chi connectivity index (χ0) is 13.7. The van der Waals surface area contributed by atoms with Gasteiger partial charge in [-0.2, -0.15) is 0 Å². The number of hydrogen-bond donors (Lipinski definition) is 2. The second kappa shape index (κ2) is 6.36. The highest BCUT2D eigenvalue weighted by atomic mass is 35.5. The third-order valence-electron chi connectivity index (χ3n) is 2.72. The lowest BCUT2D eigenvalue weighted by Crippen LogP contribution is -2.15. The zero-order valence-electron chi connectivity index (χ0n) is 10.3. The summed E-state index contributed by atoms with van der Waals surface area (Å²) in [6.07, 6.45) is 0.250. The van der Waals surface area contributed by atoms with Gasteiger partial charge in [0.05, 0.1) is 13.0 Å². The number of carbonyl (C=O) groups is 1. The highest BCUT2D eigenvalue weighted by molar-refractivity contribution is 6.30. The maximum atomic E-state index is 11.9. The summed E-state index contributed by atoms with van der Waals surface area (Å²) in [5.41, 5.74) is 2.19. The first kappa shape index (κ1) is 13.6. The van der Waals surface area contributed by atoms with Crippen molar-refractivity contribution in [2.45, 2.75) is 13.0 Å². The third-order valence-corrected chi connectivity index (χ3v) is 2.95. The van der Waals surface area contributed by atoms with Crippen LogP contribution in [0, 0.1) is 0 Å². The minimum atomic E-state index is -0.136. The first-order valence-electron chi connectivity index (χ1n) is 5.92. The second-order valence-electron chi connectivity index (χ2n) is 4.17. The Bertz CT molecular complexity index is 584. The molecule has 0 fully saturated rings. The maximum absolute atomic E-state index is 11.9. The Morgan fingerprint density at radius 2 is 1.95 bits per heavy atom. The Morgan fingerprint density at radius 3 is 2.68 bits per heavy atom. The third kappa shape index (κ3) is 3.81. The van der Waals surface area contributed by atoms with Crippen molar-refractivity contribution in [3.05, 3.63) is 64.7 Å². The molecule has 2 rings (SSSR count). The van der Waals surface area contributed by atoms with Gasteiger partial charge in [-0.05, 0) is 23.8 Å². The monoisotopic (exact) mass is 275 g/mol. The fraction of sp³-hybridized carbons (Fsp3) is 0.133. The molecule has 0 aliphatic carbocycles. The summed E-state index contributed by atoms with van der Waals surface area (Å²) in [5.74, 6) is -0.136. The number of benzene rings is 2. The van der Waals surface area contributed by atoms with E-state index in [2.05, 4.69) is 5.32 Å². The van der Waals surface area contributed by atoms with Gasteiger partial charge in [0, 0.05) is 16.3 Å². The summed E-state index contributed by atoms with van der Waals surface area (Å²) >= 11 is 5.87. The number of amides is 1. The van der Waals surface area contributed by atoms with Gasteiger partial charge in [0.25, 0.3) is 0 Å². The summed E-state index contributed by atoms with van der Waals surface area (Å²) in [7, 11) is 0. The average molecular weight is 276 g/mol. The highest BCUT2D eigenvalue weighted by Crippen LogP contribution is 2.16. The van der Waals surface area contributed by atoms with Crippen LogP contribution in [0.3, 0.4) is 0 Å². The topological polar surface area (TPSA) is 49.3 Å². The molecule has 2 aromatic carbocycles. The van der Waals surface area contributed by atoms with E-state index < -0.39 is 0 Å². The quantitative estimate of drug-likeness (QED) is 0.901. The van der Waals surface area contributed by atoms with Crippen molar-refractivity contribution in [3.63, 3.8) is 0 Å². The number of halogens is 1. The minimum Gasteiger partial charge on any atom is -0.392 e. The van der Waals surface area contributed by atoms with Gasteiger partial charge in [0.15, 0.2) is 0 Å². The smallest absolute Gasteiger partial charge is 0.228 e. The number of aliphatic hydroxyl groups excluding tert-OH is 1. The molecule has 0 saturated carbocycles. The standard InChI is InChI=1S/C15H14ClNO2/c16-13-6-3-4-11(8-13)9-15(19)17-14-7-2-1-5-12(14)10-18/h1-8,18H,9-10H2,(H,17,19). The molecule has 0 aromatic heterocycles. The van der Waals surface area contributed by atoms with E-state index in [1.807, 2.05) is 24.3 Å². The molecule has 0 aliphatic heterocycles. The molecule has 4 heteroatoms. The highest BCUT2D eigenvalue weighted by Gasteiger charge is 2.07. The molecule has 0 saturated heterocycles. The van der Waals surface area contributed by atoms with E-state index in [0.29, 0.717) is 16.3 Å². The zero-order valence-corrected chi connectivity index (χ0v) is 11.0. The van der Waals surface area contributed by atoms with Gasteiger partial charge in [0.2, 0.25) is 5.91 Å². The van der Waals surface area contributed by atoms with Crippen LogP contribution in [0.5, 0.6) is 0 Å². The Morgan fingerprint density at radius 1 is 1.16 bits per heavy atom. The fourth-order valence-electron chi connectivity index (χ4n) is 1.81. The van der Waals surface area contributed by atoms with E-state index in [1.165, 1.54) is 0 Å². The van der Waals surface area contributed by atoms with Gasteiger partial charge in [-0.15, -0.1) is 0 Å². The van der Waals surface area contributed by atoms with Gasteiger partial charge in [0.1, 0.15) is 0 Å². The van der Waals surface area contributed by atoms with E-state index in [0.717, 1.165) is 5.56 Å². The molecule has 0 spiro atoms. The van der Waals surface area contributed by atoms with E-state index >= 15 is 0 Å². The second-order valence-corrected chi connectivity index (χ2v) is 4.61. The van der Waals surface area contributed by atoms with Crippen LogP contribution in [0.15, 0.2) is 48.5 Å². The Kier molecular flexibility index (Phi) is 4.55. The molecule has 2 N–H and O–H groups in total. The molecule has 19 heavy (non-hydrogen) atoms. The molecular weight excluding hydrogens is 262 g/mol. The summed E-state index contributed by atoms with van der Waals surface area (Å²) in [6, 6.07) is 14.4. The predicted molar refractivity (Wildman–Crippen MR) is 76.2 cm³/mol. The van der Waals surface area contributed by atoms with Crippen LogP contribution in [-0.4, -0.2) is 11.0 Å². The van der Waals surface area contributed by atoms with Crippen LogP contribution in [0.1, 0.15) is 11.1 Å². The molecule has 0 aliphatic rings. The van der Waals surface area contributed by atoms with Gasteiger partial charge in [-0.1, -0.05) is 41.9 Å². The molecule has 3 nitrogen and oxygen atoms in total. The lowest BCUT2D eigenvalue weighted by Gasteiger charge is -2.09. The lowest BCUT2D eigenvalue weighted by atomic mass is 10.1. The number of nitrogens with one attached hydrogen (secondary N) is 1. The van der Waals surface area contributed by atoms with Gasteiger partial charge in [-0.25, -0.2) is 0 Å². The number of anilines is 1. The summed E-state index contributed by atoms with van der Waals surface area (Å²) < 4.78 is 0. The van der Waals surface area contributed by atoms with Crippen molar-refractivity contribution in [1.82, 2.24) is 0 Å². The van der Waals surface area contributed by atoms with Gasteiger partial charge in [-0.3, -0.25) is 4.79 Å². The molecular formula is C15H14ClNO2. The molecule has 0 heterocycles. The van der Waals surface area contributed by atoms with Crippen LogP contribution >= 0.6 is 11.6 Å². The Labute approximate surface area is 116 Å². The number of para-hydroxylation sites is 1. The normalized spacial score (nSPS) is 10.2. The lowest BCUT2D eigenvalue weighted by molar-refractivity contribution is -0.115. The summed E-state index contributed by atoms with van der Waals surface area (Å²) in [4.78, 5) is 11.9. The molecule has 0 unspecified atom stereocenters. The van der Waals surface area contributed by atoms with Crippen LogP contribution in [-0.2, 0) is 17.8 Å². The number of aliphatic hydroxyl groups is 1. The molecule has 1 amide bonds. The van der Waals surface area contributed by atoms with Crippen molar-refractivity contribution >= 4 is 23.2 Å². The first-order chi connectivity index (χ1) is 9.19. The predicted octanol–water partition coefficient (Wildman–Crippen LogP) is 3.01. The maximum Gasteiger partial charge on any atom is 0.228 e. The number of hydrogen-bond acceptors (Lipinski definition) is 2. The van der Waals surface area contributed by atoms with E-state index in [-0.39, 0.29) is 18.9 Å². The minimum absolute atomic E-state index is 0.104. The van der Waals surface area contributed by atoms with Gasteiger partial charge < -0.3 is 10.4 Å². The molecule has 0 atom stereocenters. The van der Waals surface area contributed by atoms with E-state index in [4.69, 9.17) is 11.6 Å². The van der Waals surface area contributed by atoms with Crippen LogP contribution in [0.2, 0.25) is 5.02 Å². The van der Waals surface area contributed by atoms with Crippen molar-refractivity contribution in [2.24, 2.45) is 0 Å². The van der Waals surface area contributed by atoms with E-state index in [9.17, 15) is 9.90 Å². The van der Waals surface area contributed by atoms with Crippen LogP contribution < -0.4 is 5.32 Å². The molecule has 98 valence electrons. The summed E-state index contributed by atoms with van der Waals surface area (Å²) in [5, 5.41) is 12.6. The average Bonchev–Trinajstić information content (AvgIpc) is 2.39. The van der Waals surface area contributed by atoms with Crippen LogP contribution in [0.25, 0.3) is 0 Å². The van der Waals surface area contributed by atoms with Crippen molar-refractivity contribution in [3.8, 4) is 0 Å². The molecule has 2 aromatic rings. The van der Waals surface area contributed by atoms with Crippen molar-refractivity contribution < 1.29 is 9.90 Å². The van der Waals surface area contributed by atoms with Gasteiger partial charge >= 0.3 is 0 Å². The Balaban J connectivity index is 2.05. The van der Waals surface area contributed by atoms with Crippen LogP contribution in [0.4, 0.5) is 5.69 Å². The molecule has 0 radical (unpaired) electrons. The number of carbonyl (C=O) groups excluding carboxylic acids is 1. The SMILES string of the molecule is O=C(Cc1cccc(Cl)c1)Nc1ccccc1CO. The molecule has 0 bridgehead atoms. The van der Waals surface area contributed by atoms with Crippen molar-refractivity contribution in [2.75, 3.05) is 5.32 Å². The first-order valence-corrected chi connectivity index (χ1v) is 6.30.